The second-order valence-electron chi connectivity index (χ2n) is 1.04. The zero-order valence-electron chi connectivity index (χ0n) is 3.96. The third-order valence-electron chi connectivity index (χ3n) is 0.507. The van der Waals surface area contributed by atoms with Crippen LogP contribution in [0, 0.1) is 0 Å². The topological polar surface area (TPSA) is 3.24 Å². The molecule has 0 bridgehead atoms. The van der Waals surface area contributed by atoms with Gasteiger partial charge in [0.15, 0.2) is 0 Å². The van der Waals surface area contributed by atoms with E-state index in [9.17, 15) is 0 Å². The molecule has 0 saturated carbocycles. The Labute approximate surface area is 70.6 Å². The van der Waals surface area contributed by atoms with E-state index in [1.165, 1.54) is 0 Å². The molecule has 0 unspecified atom stereocenters. The molecule has 7 heteroatoms. The molecule has 0 fully saturated rings. The largest absolute Gasteiger partial charge is 0.354 e. The van der Waals surface area contributed by atoms with Crippen LogP contribution in [0.3, 0.4) is 0 Å². The highest BCUT2D eigenvalue weighted by Crippen LogP contribution is 2.08. The van der Waals surface area contributed by atoms with Crippen molar-refractivity contribution in [3.05, 3.63) is 0 Å². The van der Waals surface area contributed by atoms with Crippen molar-refractivity contribution in [3.63, 3.8) is 0 Å². The fourth-order valence-corrected chi connectivity index (χ4v) is 5.17. The maximum absolute atomic E-state index is 5.47. The van der Waals surface area contributed by atoms with Crippen molar-refractivity contribution in [3.8, 4) is 0 Å². The number of rotatable bonds is 2. The Morgan fingerprint density at radius 1 is 1.00 bits per heavy atom. The highest BCUT2D eigenvalue weighted by atomic mass is 35.7. The molecule has 8 heavy (non-hydrogen) atoms. The molecular weight excluding hydrogens is 224 g/mol. The molecule has 0 saturated heterocycles. The molecule has 0 aliphatic heterocycles. The molecule has 0 aromatic heterocycles. The standard InChI is InChI=1S/CH3Cl4NSi2/c1-6(7(2)3)8(4)5/h1H3. The third-order valence-corrected chi connectivity index (χ3v) is 7.61. The summed E-state index contributed by atoms with van der Waals surface area (Å²) >= 11 is 21.9. The van der Waals surface area contributed by atoms with Gasteiger partial charge in [0.25, 0.3) is 0 Å². The molecule has 0 aromatic carbocycles. The summed E-state index contributed by atoms with van der Waals surface area (Å²) in [6.07, 6.45) is 0. The summed E-state index contributed by atoms with van der Waals surface area (Å²) in [5.74, 6) is 0. The second-order valence-corrected chi connectivity index (χ2v) is 9.25. The lowest BCUT2D eigenvalue weighted by molar-refractivity contribution is 0.865. The normalized spacial score (nSPS) is 12.0. The van der Waals surface area contributed by atoms with Crippen molar-refractivity contribution in [2.45, 2.75) is 0 Å². The van der Waals surface area contributed by atoms with Crippen LogP contribution in [-0.4, -0.2) is 26.4 Å². The molecule has 0 aliphatic carbocycles. The number of hydrogen-bond acceptors (Lipinski definition) is 1. The van der Waals surface area contributed by atoms with Gasteiger partial charge in [0.05, 0.1) is 0 Å². The average molecular weight is 227 g/mol. The van der Waals surface area contributed by atoms with Gasteiger partial charge in [-0.15, -0.1) is 44.3 Å². The van der Waals surface area contributed by atoms with E-state index in [1.54, 1.807) is 11.3 Å². The zero-order chi connectivity index (χ0) is 6.73. The van der Waals surface area contributed by atoms with Crippen LogP contribution in [0.4, 0.5) is 0 Å². The summed E-state index contributed by atoms with van der Waals surface area (Å²) in [5, 5.41) is 0. The van der Waals surface area contributed by atoms with Gasteiger partial charge >= 0.3 is 15.2 Å². The van der Waals surface area contributed by atoms with Crippen molar-refractivity contribution in [1.82, 2.24) is 4.23 Å². The van der Waals surface area contributed by atoms with Gasteiger partial charge in [-0.3, -0.25) is 4.23 Å². The monoisotopic (exact) mass is 225 g/mol. The van der Waals surface area contributed by atoms with Crippen LogP contribution in [-0.2, 0) is 0 Å². The number of hydrogen-bond donors (Lipinski definition) is 0. The highest BCUT2D eigenvalue weighted by molar-refractivity contribution is 7.41. The summed E-state index contributed by atoms with van der Waals surface area (Å²) in [6, 6.07) is 0. The van der Waals surface area contributed by atoms with E-state index < -0.39 is 15.2 Å². The lowest BCUT2D eigenvalue weighted by Crippen LogP contribution is -2.33. The Hall–Kier alpha value is 1.55. The minimum atomic E-state index is -1.45. The van der Waals surface area contributed by atoms with Gasteiger partial charge in [0.1, 0.15) is 0 Å². The molecule has 0 N–H and O–H groups in total. The van der Waals surface area contributed by atoms with Crippen LogP contribution in [0.5, 0.6) is 0 Å². The molecule has 0 atom stereocenters. The Balaban J connectivity index is 3.46. The summed E-state index contributed by atoms with van der Waals surface area (Å²) in [5.41, 5.74) is 0. The first-order valence-electron chi connectivity index (χ1n) is 1.65. The number of halogens is 4. The van der Waals surface area contributed by atoms with Crippen LogP contribution >= 0.6 is 44.3 Å². The third kappa shape index (κ3) is 3.55. The smallest absolute Gasteiger partial charge is 0.299 e. The van der Waals surface area contributed by atoms with Gasteiger partial charge in [0.2, 0.25) is 0 Å². The summed E-state index contributed by atoms with van der Waals surface area (Å²) < 4.78 is 1.60. The predicted molar refractivity (Wildman–Crippen MR) is 42.7 cm³/mol. The van der Waals surface area contributed by atoms with Gasteiger partial charge in [-0.1, -0.05) is 0 Å². The van der Waals surface area contributed by atoms with E-state index in [0.717, 1.165) is 0 Å². The van der Waals surface area contributed by atoms with E-state index in [-0.39, 0.29) is 0 Å². The summed E-state index contributed by atoms with van der Waals surface area (Å²) in [4.78, 5) is 0. The first kappa shape index (κ1) is 9.55. The molecule has 1 nitrogen and oxygen atoms in total. The maximum atomic E-state index is 5.47. The Morgan fingerprint density at radius 3 is 1.25 bits per heavy atom. The quantitative estimate of drug-likeness (QED) is 0.514. The Kier molecular flexibility index (Phi) is 5.23. The molecule has 0 aromatic rings. The van der Waals surface area contributed by atoms with E-state index in [2.05, 4.69) is 0 Å². The van der Waals surface area contributed by atoms with Gasteiger partial charge in [0, 0.05) is 0 Å². The van der Waals surface area contributed by atoms with Crippen LogP contribution in [0.1, 0.15) is 0 Å². The fourth-order valence-electron chi connectivity index (χ4n) is 0.0639. The Morgan fingerprint density at radius 2 is 1.25 bits per heavy atom. The van der Waals surface area contributed by atoms with E-state index in [4.69, 9.17) is 44.3 Å². The molecule has 48 valence electrons. The summed E-state index contributed by atoms with van der Waals surface area (Å²) in [7, 11) is -1.19. The fraction of sp³-hybridized carbons (Fsp3) is 1.00. The van der Waals surface area contributed by atoms with Gasteiger partial charge in [-0.2, -0.15) is 0 Å². The molecule has 0 spiro atoms. The van der Waals surface area contributed by atoms with Gasteiger partial charge in [-0.05, 0) is 7.05 Å². The Bertz CT molecular complexity index is 59.1. The van der Waals surface area contributed by atoms with Crippen molar-refractivity contribution in [2.75, 3.05) is 7.05 Å². The average Bonchev–Trinajstić information content (AvgIpc) is 1.64. The first-order chi connectivity index (χ1) is 3.55. The van der Waals surface area contributed by atoms with Crippen LogP contribution < -0.4 is 0 Å². The second kappa shape index (κ2) is 4.38. The van der Waals surface area contributed by atoms with Crippen molar-refractivity contribution < 1.29 is 0 Å². The predicted octanol–water partition coefficient (Wildman–Crippen LogP) is 1.84. The van der Waals surface area contributed by atoms with E-state index in [1.807, 2.05) is 0 Å². The van der Waals surface area contributed by atoms with E-state index in [0.29, 0.717) is 0 Å². The van der Waals surface area contributed by atoms with Crippen molar-refractivity contribution in [1.29, 1.82) is 0 Å². The maximum Gasteiger partial charge on any atom is 0.354 e. The summed E-state index contributed by atoms with van der Waals surface area (Å²) in [6.45, 7) is 0. The van der Waals surface area contributed by atoms with Crippen LogP contribution in [0.15, 0.2) is 0 Å². The molecule has 0 heterocycles. The zero-order valence-corrected chi connectivity index (χ0v) is 8.98. The lowest BCUT2D eigenvalue weighted by Gasteiger charge is -2.12. The van der Waals surface area contributed by atoms with Gasteiger partial charge < -0.3 is 0 Å². The molecule has 0 aliphatic rings. The van der Waals surface area contributed by atoms with Gasteiger partial charge in [-0.25, -0.2) is 0 Å². The highest BCUT2D eigenvalue weighted by Gasteiger charge is 2.20. The molecule has 0 rings (SSSR count). The molecular formula is CH3Cl4NSi2. The number of nitrogens with zero attached hydrogens (tertiary/aromatic N) is 1. The minimum Gasteiger partial charge on any atom is -0.299 e. The SMILES string of the molecule is CN([Si](Cl)Cl)[Si](Cl)Cl. The van der Waals surface area contributed by atoms with Crippen molar-refractivity contribution in [2.24, 2.45) is 0 Å². The van der Waals surface area contributed by atoms with Crippen LogP contribution in [0.25, 0.3) is 0 Å². The molecule has 2 radical (unpaired) electrons. The minimum absolute atomic E-state index is 1.45. The lowest BCUT2D eigenvalue weighted by atomic mass is 11.6. The van der Waals surface area contributed by atoms with Crippen LogP contribution in [0.2, 0.25) is 0 Å². The molecule has 0 amide bonds. The van der Waals surface area contributed by atoms with E-state index >= 15 is 0 Å². The first-order valence-corrected chi connectivity index (χ1v) is 8.59. The van der Waals surface area contributed by atoms with Crippen molar-refractivity contribution >= 4 is 59.5 Å².